The van der Waals surface area contributed by atoms with Crippen LogP contribution in [0.5, 0.6) is 17.2 Å². The van der Waals surface area contributed by atoms with Crippen LogP contribution in [0.2, 0.25) is 0 Å². The molecule has 0 aliphatic carbocycles. The third-order valence-electron chi connectivity index (χ3n) is 4.32. The predicted molar refractivity (Wildman–Crippen MR) is 96.2 cm³/mol. The number of nitrogens with one attached hydrogen (secondary N) is 2. The Labute approximate surface area is 150 Å². The number of rotatable bonds is 5. The second-order valence-corrected chi connectivity index (χ2v) is 6.27. The summed E-state index contributed by atoms with van der Waals surface area (Å²) in [4.78, 5) is 20.0. The number of ether oxygens (including phenoxy) is 3. The molecule has 1 aromatic carbocycles. The Balaban J connectivity index is 1.86. The lowest BCUT2D eigenvalue weighted by Gasteiger charge is -2.28. The third kappa shape index (κ3) is 3.54. The largest absolute Gasteiger partial charge is 0.493 e. The molecular formula is C17H21N3O4S. The van der Waals surface area contributed by atoms with Gasteiger partial charge in [-0.3, -0.25) is 14.7 Å². The summed E-state index contributed by atoms with van der Waals surface area (Å²) in [6.07, 6.45) is 0.682. The molecule has 0 fully saturated rings. The van der Waals surface area contributed by atoms with Gasteiger partial charge in [-0.15, -0.1) is 0 Å². The molecule has 2 aromatic rings. The maximum Gasteiger partial charge on any atom is 0.255 e. The molecule has 134 valence electrons. The van der Waals surface area contributed by atoms with Crippen molar-refractivity contribution in [1.82, 2.24) is 14.9 Å². The lowest BCUT2D eigenvalue weighted by molar-refractivity contribution is 0.239. The smallest absolute Gasteiger partial charge is 0.255 e. The second kappa shape index (κ2) is 7.28. The van der Waals surface area contributed by atoms with Crippen LogP contribution < -0.4 is 19.8 Å². The highest BCUT2D eigenvalue weighted by Gasteiger charge is 2.21. The molecule has 25 heavy (non-hydrogen) atoms. The Morgan fingerprint density at radius 2 is 1.80 bits per heavy atom. The fourth-order valence-corrected chi connectivity index (χ4v) is 3.37. The van der Waals surface area contributed by atoms with Crippen molar-refractivity contribution in [1.29, 1.82) is 0 Å². The zero-order valence-corrected chi connectivity index (χ0v) is 15.3. The maximum absolute atomic E-state index is 12.0. The van der Waals surface area contributed by atoms with Gasteiger partial charge in [0.15, 0.2) is 16.3 Å². The molecule has 0 saturated carbocycles. The van der Waals surface area contributed by atoms with Crippen molar-refractivity contribution in [3.63, 3.8) is 0 Å². The summed E-state index contributed by atoms with van der Waals surface area (Å²) in [5.41, 5.74) is 2.62. The molecule has 8 heteroatoms. The van der Waals surface area contributed by atoms with Crippen molar-refractivity contribution in [3.8, 4) is 17.2 Å². The van der Waals surface area contributed by atoms with Crippen molar-refractivity contribution in [2.45, 2.75) is 19.5 Å². The van der Waals surface area contributed by atoms with Gasteiger partial charge in [-0.25, -0.2) is 0 Å². The summed E-state index contributed by atoms with van der Waals surface area (Å²) in [6.45, 7) is 2.13. The van der Waals surface area contributed by atoms with Crippen LogP contribution in [0.4, 0.5) is 0 Å². The fourth-order valence-electron chi connectivity index (χ4n) is 3.15. The molecule has 0 spiro atoms. The number of fused-ring (bicyclic) bond motifs is 1. The second-order valence-electron chi connectivity index (χ2n) is 5.86. The summed E-state index contributed by atoms with van der Waals surface area (Å²) in [7, 11) is 4.79. The molecule has 2 heterocycles. The molecule has 0 unspecified atom stereocenters. The highest BCUT2D eigenvalue weighted by atomic mass is 32.1. The van der Waals surface area contributed by atoms with E-state index < -0.39 is 0 Å². The standard InChI is InChI=1S/C17H21N3O4S/c1-22-13-6-10(7-14(23-2)15(13)24-3)8-20-5-4-11-12(9-20)18-17(25)19-16(11)21/h6-7H,4-5,8-9H2,1-3H3,(H2,18,19,21,25). The Kier molecular flexibility index (Phi) is 5.10. The van der Waals surface area contributed by atoms with Gasteiger partial charge >= 0.3 is 0 Å². The first-order chi connectivity index (χ1) is 12.0. The average molecular weight is 363 g/mol. The summed E-state index contributed by atoms with van der Waals surface area (Å²) >= 11 is 5.07. The Morgan fingerprint density at radius 1 is 1.12 bits per heavy atom. The molecule has 1 aliphatic heterocycles. The van der Waals surface area contributed by atoms with Crippen LogP contribution in [0, 0.1) is 4.77 Å². The van der Waals surface area contributed by atoms with Gasteiger partial charge in [0.25, 0.3) is 5.56 Å². The number of nitrogens with zero attached hydrogens (tertiary/aromatic N) is 1. The van der Waals surface area contributed by atoms with E-state index >= 15 is 0 Å². The number of aromatic amines is 2. The van der Waals surface area contributed by atoms with E-state index in [4.69, 9.17) is 26.4 Å². The van der Waals surface area contributed by atoms with E-state index in [1.165, 1.54) is 0 Å². The van der Waals surface area contributed by atoms with Crippen LogP contribution in [0.15, 0.2) is 16.9 Å². The number of hydrogen-bond donors (Lipinski definition) is 2. The number of methoxy groups -OCH3 is 3. The van der Waals surface area contributed by atoms with Gasteiger partial charge in [-0.1, -0.05) is 0 Å². The van der Waals surface area contributed by atoms with Crippen molar-refractivity contribution < 1.29 is 14.2 Å². The van der Waals surface area contributed by atoms with E-state index in [9.17, 15) is 4.79 Å². The van der Waals surface area contributed by atoms with Gasteiger partial charge in [-0.2, -0.15) is 0 Å². The van der Waals surface area contributed by atoms with Crippen molar-refractivity contribution in [2.75, 3.05) is 27.9 Å². The van der Waals surface area contributed by atoms with Gasteiger partial charge < -0.3 is 19.2 Å². The molecule has 1 aliphatic rings. The van der Waals surface area contributed by atoms with Gasteiger partial charge in [0.2, 0.25) is 5.75 Å². The van der Waals surface area contributed by atoms with E-state index in [0.29, 0.717) is 41.5 Å². The van der Waals surface area contributed by atoms with Gasteiger partial charge in [0, 0.05) is 30.9 Å². The van der Waals surface area contributed by atoms with Crippen molar-refractivity contribution in [3.05, 3.63) is 44.1 Å². The van der Waals surface area contributed by atoms with Crippen LogP contribution in [0.25, 0.3) is 0 Å². The summed E-state index contributed by atoms with van der Waals surface area (Å²) in [6, 6.07) is 3.88. The summed E-state index contributed by atoms with van der Waals surface area (Å²) in [5.74, 6) is 1.84. The molecule has 0 radical (unpaired) electrons. The highest BCUT2D eigenvalue weighted by Crippen LogP contribution is 2.38. The van der Waals surface area contributed by atoms with Gasteiger partial charge in [0.05, 0.1) is 21.3 Å². The predicted octanol–water partition coefficient (Wildman–Crippen LogP) is 2.02. The Hall–Kier alpha value is -2.32. The van der Waals surface area contributed by atoms with Crippen LogP contribution in [0.1, 0.15) is 16.8 Å². The Morgan fingerprint density at radius 3 is 2.40 bits per heavy atom. The zero-order valence-electron chi connectivity index (χ0n) is 14.5. The molecule has 0 amide bonds. The molecule has 0 bridgehead atoms. The molecule has 3 rings (SSSR count). The monoisotopic (exact) mass is 363 g/mol. The number of benzene rings is 1. The quantitative estimate of drug-likeness (QED) is 0.791. The zero-order chi connectivity index (χ0) is 18.0. The third-order valence-corrected chi connectivity index (χ3v) is 4.52. The van der Waals surface area contributed by atoms with E-state index in [1.54, 1.807) is 21.3 Å². The molecule has 7 nitrogen and oxygen atoms in total. The molecule has 0 saturated heterocycles. The first-order valence-electron chi connectivity index (χ1n) is 7.91. The lowest BCUT2D eigenvalue weighted by atomic mass is 10.1. The minimum atomic E-state index is -0.0915. The average Bonchev–Trinajstić information content (AvgIpc) is 2.60. The number of H-pyrrole nitrogens is 2. The highest BCUT2D eigenvalue weighted by molar-refractivity contribution is 7.71. The number of aromatic nitrogens is 2. The van der Waals surface area contributed by atoms with Gasteiger partial charge in [-0.05, 0) is 36.3 Å². The first kappa shape index (κ1) is 17.5. The maximum atomic E-state index is 12.0. The van der Waals surface area contributed by atoms with E-state index in [0.717, 1.165) is 23.4 Å². The summed E-state index contributed by atoms with van der Waals surface area (Å²) in [5, 5.41) is 0. The van der Waals surface area contributed by atoms with E-state index in [1.807, 2.05) is 12.1 Å². The van der Waals surface area contributed by atoms with Crippen LogP contribution in [-0.2, 0) is 19.5 Å². The molecule has 1 aromatic heterocycles. The fraction of sp³-hybridized carbons (Fsp3) is 0.412. The SMILES string of the molecule is COc1cc(CN2CCc3c([nH]c(=S)[nH]c3=O)C2)cc(OC)c1OC. The molecule has 2 N–H and O–H groups in total. The van der Waals surface area contributed by atoms with Crippen molar-refractivity contribution in [2.24, 2.45) is 0 Å². The normalized spacial score (nSPS) is 14.0. The van der Waals surface area contributed by atoms with Crippen LogP contribution in [0.3, 0.4) is 0 Å². The Bertz CT molecular complexity index is 865. The minimum absolute atomic E-state index is 0.0915. The van der Waals surface area contributed by atoms with E-state index in [2.05, 4.69) is 14.9 Å². The van der Waals surface area contributed by atoms with E-state index in [-0.39, 0.29) is 5.56 Å². The number of hydrogen-bond acceptors (Lipinski definition) is 6. The van der Waals surface area contributed by atoms with Crippen LogP contribution in [-0.4, -0.2) is 42.7 Å². The van der Waals surface area contributed by atoms with Crippen molar-refractivity contribution >= 4 is 12.2 Å². The summed E-state index contributed by atoms with van der Waals surface area (Å²) < 4.78 is 16.5. The van der Waals surface area contributed by atoms with Crippen LogP contribution >= 0.6 is 12.2 Å². The topological polar surface area (TPSA) is 79.6 Å². The molecule has 0 atom stereocenters. The first-order valence-corrected chi connectivity index (χ1v) is 8.32. The molecular weight excluding hydrogens is 342 g/mol. The minimum Gasteiger partial charge on any atom is -0.493 e. The van der Waals surface area contributed by atoms with Gasteiger partial charge in [0.1, 0.15) is 0 Å². The lowest BCUT2D eigenvalue weighted by Crippen LogP contribution is -2.34.